The molecule has 1 atom stereocenters. The van der Waals surface area contributed by atoms with Gasteiger partial charge in [-0.1, -0.05) is 12.1 Å². The summed E-state index contributed by atoms with van der Waals surface area (Å²) in [6.45, 7) is 1.40. The van der Waals surface area contributed by atoms with Crippen molar-refractivity contribution in [2.45, 2.75) is 13.0 Å². The van der Waals surface area contributed by atoms with Crippen LogP contribution in [-0.4, -0.2) is 40.0 Å². The number of carbonyl (C=O) groups is 2. The predicted octanol–water partition coefficient (Wildman–Crippen LogP) is 4.47. The third kappa shape index (κ3) is 5.36. The topological polar surface area (TPSA) is 146 Å². The smallest absolute Gasteiger partial charge is 0.338 e. The van der Waals surface area contributed by atoms with Crippen molar-refractivity contribution in [2.24, 2.45) is 0 Å². The molecule has 4 aromatic rings. The number of esters is 1. The lowest BCUT2D eigenvalue weighted by molar-refractivity contribution is -0.384. The number of hydrogen-bond acceptors (Lipinski definition) is 9. The molecule has 0 saturated heterocycles. The highest BCUT2D eigenvalue weighted by Crippen LogP contribution is 2.29. The number of nitrogens with zero attached hydrogens (tertiary/aromatic N) is 3. The summed E-state index contributed by atoms with van der Waals surface area (Å²) in [6.07, 6.45) is 0.290. The first-order chi connectivity index (χ1) is 17.4. The standard InChI is InChI=1S/C25H21N5O6/c1-15(24(31)29-21-13-18(30(33)34)11-12-22(21)35-2)36-25(32)16-7-9-17(10-8-16)28-23-19-5-3-4-6-20(19)26-14-27-23/h3-15H,1-2H3,(H,29,31)(H,26,27,28)/t15-/m1/s1. The van der Waals surface area contributed by atoms with Gasteiger partial charge < -0.3 is 20.1 Å². The Morgan fingerprint density at radius 3 is 2.50 bits per heavy atom. The molecular weight excluding hydrogens is 466 g/mol. The number of nitro benzene ring substituents is 1. The number of carbonyl (C=O) groups excluding carboxylic acids is 2. The van der Waals surface area contributed by atoms with Crippen molar-refractivity contribution in [3.8, 4) is 5.75 Å². The fourth-order valence-electron chi connectivity index (χ4n) is 3.35. The molecule has 0 fully saturated rings. The van der Waals surface area contributed by atoms with Crippen LogP contribution in [0.25, 0.3) is 10.9 Å². The minimum atomic E-state index is -1.17. The molecule has 0 aliphatic carbocycles. The van der Waals surface area contributed by atoms with Gasteiger partial charge >= 0.3 is 5.97 Å². The first-order valence-electron chi connectivity index (χ1n) is 10.8. The van der Waals surface area contributed by atoms with Crippen LogP contribution in [0.4, 0.5) is 22.9 Å². The van der Waals surface area contributed by atoms with Crippen molar-refractivity contribution in [3.63, 3.8) is 0 Å². The van der Waals surface area contributed by atoms with Crippen LogP contribution in [0, 0.1) is 10.1 Å². The molecule has 11 heteroatoms. The molecule has 0 aliphatic heterocycles. The molecule has 36 heavy (non-hydrogen) atoms. The molecule has 1 amide bonds. The van der Waals surface area contributed by atoms with Crippen molar-refractivity contribution in [1.82, 2.24) is 9.97 Å². The van der Waals surface area contributed by atoms with E-state index < -0.39 is 22.9 Å². The van der Waals surface area contributed by atoms with E-state index in [0.717, 1.165) is 17.0 Å². The minimum Gasteiger partial charge on any atom is -0.495 e. The predicted molar refractivity (Wildman–Crippen MR) is 132 cm³/mol. The summed E-state index contributed by atoms with van der Waals surface area (Å²) in [4.78, 5) is 44.1. The highest BCUT2D eigenvalue weighted by molar-refractivity contribution is 5.98. The molecule has 0 radical (unpaired) electrons. The molecule has 182 valence electrons. The summed E-state index contributed by atoms with van der Waals surface area (Å²) in [5, 5.41) is 17.6. The van der Waals surface area contributed by atoms with E-state index in [9.17, 15) is 19.7 Å². The second-order valence-corrected chi connectivity index (χ2v) is 7.62. The molecule has 0 unspecified atom stereocenters. The Kier molecular flexibility index (Phi) is 7.00. The van der Waals surface area contributed by atoms with Crippen LogP contribution in [0.3, 0.4) is 0 Å². The number of nitro groups is 1. The normalized spacial score (nSPS) is 11.4. The van der Waals surface area contributed by atoms with Gasteiger partial charge in [0.15, 0.2) is 6.10 Å². The largest absolute Gasteiger partial charge is 0.495 e. The van der Waals surface area contributed by atoms with E-state index >= 15 is 0 Å². The van der Waals surface area contributed by atoms with Crippen LogP contribution in [0.1, 0.15) is 17.3 Å². The highest BCUT2D eigenvalue weighted by atomic mass is 16.6. The maximum atomic E-state index is 12.6. The fraction of sp³-hybridized carbons (Fsp3) is 0.120. The average Bonchev–Trinajstić information content (AvgIpc) is 2.89. The summed E-state index contributed by atoms with van der Waals surface area (Å²) in [5.74, 6) is -0.524. The molecule has 4 rings (SSSR count). The number of rotatable bonds is 8. The van der Waals surface area contributed by atoms with Gasteiger partial charge in [-0.2, -0.15) is 0 Å². The lowest BCUT2D eigenvalue weighted by atomic mass is 10.2. The van der Waals surface area contributed by atoms with Gasteiger partial charge in [-0.3, -0.25) is 14.9 Å². The van der Waals surface area contributed by atoms with Crippen molar-refractivity contribution in [3.05, 3.63) is 88.7 Å². The number of ether oxygens (including phenoxy) is 2. The number of nitrogens with one attached hydrogen (secondary N) is 2. The zero-order valence-corrected chi connectivity index (χ0v) is 19.3. The van der Waals surface area contributed by atoms with Gasteiger partial charge in [0.2, 0.25) is 0 Å². The maximum Gasteiger partial charge on any atom is 0.338 e. The first-order valence-corrected chi connectivity index (χ1v) is 10.8. The molecular formula is C25H21N5O6. The molecule has 0 aliphatic rings. The minimum absolute atomic E-state index is 0.0901. The monoisotopic (exact) mass is 487 g/mol. The van der Waals surface area contributed by atoms with Crippen LogP contribution in [0.2, 0.25) is 0 Å². The molecule has 2 N–H and O–H groups in total. The molecule has 3 aromatic carbocycles. The molecule has 0 saturated carbocycles. The van der Waals surface area contributed by atoms with Gasteiger partial charge in [0.1, 0.15) is 17.9 Å². The average molecular weight is 487 g/mol. The van der Waals surface area contributed by atoms with Gasteiger partial charge in [0.25, 0.3) is 11.6 Å². The quantitative estimate of drug-likeness (QED) is 0.209. The van der Waals surface area contributed by atoms with E-state index in [0.29, 0.717) is 11.5 Å². The van der Waals surface area contributed by atoms with E-state index in [4.69, 9.17) is 9.47 Å². The number of amides is 1. The summed E-state index contributed by atoms with van der Waals surface area (Å²) in [7, 11) is 1.37. The Morgan fingerprint density at radius 2 is 1.78 bits per heavy atom. The van der Waals surface area contributed by atoms with Crippen molar-refractivity contribution in [2.75, 3.05) is 17.7 Å². The van der Waals surface area contributed by atoms with Crippen molar-refractivity contribution < 1.29 is 24.0 Å². The lowest BCUT2D eigenvalue weighted by Gasteiger charge is -2.15. The third-order valence-corrected chi connectivity index (χ3v) is 5.23. The number of hydrogen-bond donors (Lipinski definition) is 2. The van der Waals surface area contributed by atoms with Crippen molar-refractivity contribution in [1.29, 1.82) is 0 Å². The van der Waals surface area contributed by atoms with Gasteiger partial charge in [-0.15, -0.1) is 0 Å². The summed E-state index contributed by atoms with van der Waals surface area (Å²) in [6, 6.07) is 17.8. The van der Waals surface area contributed by atoms with Gasteiger partial charge in [0, 0.05) is 23.2 Å². The zero-order valence-electron chi connectivity index (χ0n) is 19.3. The van der Waals surface area contributed by atoms with Crippen LogP contribution in [-0.2, 0) is 9.53 Å². The van der Waals surface area contributed by atoms with E-state index in [1.54, 1.807) is 24.3 Å². The number of fused-ring (bicyclic) bond motifs is 1. The maximum absolute atomic E-state index is 12.6. The van der Waals surface area contributed by atoms with Crippen molar-refractivity contribution >= 4 is 45.7 Å². The Hall–Kier alpha value is -5.06. The molecule has 0 bridgehead atoms. The van der Waals surface area contributed by atoms with E-state index in [2.05, 4.69) is 20.6 Å². The van der Waals surface area contributed by atoms with Crippen LogP contribution >= 0.6 is 0 Å². The summed E-state index contributed by atoms with van der Waals surface area (Å²) in [5.41, 5.74) is 1.59. The number of non-ortho nitro benzene ring substituents is 1. The second kappa shape index (κ2) is 10.5. The Balaban J connectivity index is 1.40. The highest BCUT2D eigenvalue weighted by Gasteiger charge is 2.21. The van der Waals surface area contributed by atoms with E-state index in [-0.39, 0.29) is 22.7 Å². The summed E-state index contributed by atoms with van der Waals surface area (Å²) >= 11 is 0. The number of para-hydroxylation sites is 1. The number of aromatic nitrogens is 2. The van der Waals surface area contributed by atoms with Gasteiger partial charge in [0.05, 0.1) is 28.8 Å². The number of benzene rings is 3. The Labute approximate surface area is 205 Å². The zero-order chi connectivity index (χ0) is 25.7. The second-order valence-electron chi connectivity index (χ2n) is 7.62. The third-order valence-electron chi connectivity index (χ3n) is 5.23. The van der Waals surface area contributed by atoms with Crippen LogP contribution in [0.15, 0.2) is 73.1 Å². The molecule has 11 nitrogen and oxygen atoms in total. The Bertz CT molecular complexity index is 1440. The van der Waals surface area contributed by atoms with E-state index in [1.165, 1.54) is 32.5 Å². The molecule has 0 spiro atoms. The molecule has 1 aromatic heterocycles. The summed E-state index contributed by atoms with van der Waals surface area (Å²) < 4.78 is 10.4. The molecule has 1 heterocycles. The number of methoxy groups -OCH3 is 1. The fourth-order valence-corrected chi connectivity index (χ4v) is 3.35. The van der Waals surface area contributed by atoms with E-state index in [1.807, 2.05) is 24.3 Å². The van der Waals surface area contributed by atoms with Gasteiger partial charge in [-0.25, -0.2) is 14.8 Å². The lowest BCUT2D eigenvalue weighted by Crippen LogP contribution is -2.30. The number of anilines is 3. The van der Waals surface area contributed by atoms with Crippen LogP contribution < -0.4 is 15.4 Å². The Morgan fingerprint density at radius 1 is 1.03 bits per heavy atom. The SMILES string of the molecule is COc1ccc([N+](=O)[O-])cc1NC(=O)[C@@H](C)OC(=O)c1ccc(Nc2ncnc3ccccc23)cc1. The van der Waals surface area contributed by atoms with Gasteiger partial charge in [-0.05, 0) is 49.4 Å². The first kappa shape index (κ1) is 24.1. The van der Waals surface area contributed by atoms with Crippen LogP contribution in [0.5, 0.6) is 5.75 Å².